The highest BCUT2D eigenvalue weighted by Gasteiger charge is 2.32. The lowest BCUT2D eigenvalue weighted by Crippen LogP contribution is -2.45. The third kappa shape index (κ3) is 6.11. The average molecular weight is 465 g/mol. The van der Waals surface area contributed by atoms with Crippen LogP contribution in [0.5, 0.6) is 0 Å². The van der Waals surface area contributed by atoms with Crippen LogP contribution in [0.4, 0.5) is 5.82 Å². The Hall–Kier alpha value is -3.00. The van der Waals surface area contributed by atoms with Crippen molar-refractivity contribution in [3.05, 3.63) is 54.0 Å². The standard InChI is InChI=1S/C26H36N6O2/c1-27-24-17-20(10-13-29-24)18-31-14-5-8-22(19-31)26(33)32-15-6-7-21(11-16-32)25(30-34-2)23-9-3-4-12-28-23/h3-4,9-10,12-13,17,21-22H,5-8,11,14-16,18-19H2,1-2H3,(H,27,29)/b30-25+. The summed E-state index contributed by atoms with van der Waals surface area (Å²) in [6.45, 7) is 4.27. The molecule has 0 radical (unpaired) electrons. The summed E-state index contributed by atoms with van der Waals surface area (Å²) in [7, 11) is 3.46. The molecule has 2 saturated heterocycles. The highest BCUT2D eigenvalue weighted by molar-refractivity contribution is 6.00. The molecule has 0 saturated carbocycles. The van der Waals surface area contributed by atoms with Gasteiger partial charge in [0.05, 0.1) is 11.6 Å². The van der Waals surface area contributed by atoms with Crippen molar-refractivity contribution < 1.29 is 9.63 Å². The molecule has 182 valence electrons. The van der Waals surface area contributed by atoms with E-state index in [1.807, 2.05) is 31.4 Å². The Balaban J connectivity index is 1.36. The van der Waals surface area contributed by atoms with Crippen LogP contribution in [0.2, 0.25) is 0 Å². The predicted molar refractivity (Wildman–Crippen MR) is 133 cm³/mol. The molecule has 4 heterocycles. The molecule has 0 spiro atoms. The number of anilines is 1. The Morgan fingerprint density at radius 2 is 1.94 bits per heavy atom. The molecule has 8 nitrogen and oxygen atoms in total. The molecule has 2 atom stereocenters. The molecule has 2 aliphatic rings. The predicted octanol–water partition coefficient (Wildman–Crippen LogP) is 3.41. The molecule has 0 aromatic carbocycles. The highest BCUT2D eigenvalue weighted by atomic mass is 16.6. The molecule has 8 heteroatoms. The van der Waals surface area contributed by atoms with E-state index < -0.39 is 0 Å². The van der Waals surface area contributed by atoms with Crippen molar-refractivity contribution in [2.45, 2.75) is 38.6 Å². The fourth-order valence-corrected chi connectivity index (χ4v) is 5.16. The summed E-state index contributed by atoms with van der Waals surface area (Å²) in [5.74, 6) is 1.49. The van der Waals surface area contributed by atoms with Crippen LogP contribution in [0.3, 0.4) is 0 Å². The first-order valence-electron chi connectivity index (χ1n) is 12.3. The summed E-state index contributed by atoms with van der Waals surface area (Å²) in [5.41, 5.74) is 2.97. The van der Waals surface area contributed by atoms with Crippen LogP contribution >= 0.6 is 0 Å². The van der Waals surface area contributed by atoms with Crippen LogP contribution in [0.15, 0.2) is 47.9 Å². The molecule has 2 aromatic heterocycles. The first-order valence-corrected chi connectivity index (χ1v) is 12.3. The van der Waals surface area contributed by atoms with Gasteiger partial charge in [-0.25, -0.2) is 4.98 Å². The molecule has 2 fully saturated rings. The number of piperidine rings is 1. The van der Waals surface area contributed by atoms with Crippen LogP contribution in [0, 0.1) is 11.8 Å². The number of hydrogen-bond donors (Lipinski definition) is 1. The minimum Gasteiger partial charge on any atom is -0.399 e. The summed E-state index contributed by atoms with van der Waals surface area (Å²) in [6, 6.07) is 10.00. The van der Waals surface area contributed by atoms with Crippen LogP contribution in [-0.2, 0) is 16.2 Å². The lowest BCUT2D eigenvalue weighted by molar-refractivity contribution is -0.137. The molecule has 0 bridgehead atoms. The maximum atomic E-state index is 13.5. The third-order valence-corrected chi connectivity index (χ3v) is 6.88. The van der Waals surface area contributed by atoms with Crippen molar-refractivity contribution in [2.75, 3.05) is 45.7 Å². The van der Waals surface area contributed by atoms with Gasteiger partial charge in [-0.2, -0.15) is 0 Å². The number of amides is 1. The SMILES string of the molecule is CNc1cc(CN2CCCC(C(=O)N3CCCC(/C(=N\OC)c4ccccn4)CC3)C2)ccn1. The van der Waals surface area contributed by atoms with Gasteiger partial charge in [0.25, 0.3) is 0 Å². The second-order valence-corrected chi connectivity index (χ2v) is 9.20. The van der Waals surface area contributed by atoms with Gasteiger partial charge in [-0.05, 0) is 68.5 Å². The zero-order valence-corrected chi connectivity index (χ0v) is 20.3. The normalized spacial score (nSPS) is 22.2. The van der Waals surface area contributed by atoms with Crippen molar-refractivity contribution in [3.63, 3.8) is 0 Å². The lowest BCUT2D eigenvalue weighted by Gasteiger charge is -2.35. The summed E-state index contributed by atoms with van der Waals surface area (Å²) in [4.78, 5) is 31.9. The number of aromatic nitrogens is 2. The van der Waals surface area contributed by atoms with Crippen LogP contribution < -0.4 is 5.32 Å². The zero-order valence-electron chi connectivity index (χ0n) is 20.3. The van der Waals surface area contributed by atoms with E-state index in [1.54, 1.807) is 13.3 Å². The molecular formula is C26H36N6O2. The second-order valence-electron chi connectivity index (χ2n) is 9.20. The van der Waals surface area contributed by atoms with E-state index in [2.05, 4.69) is 42.4 Å². The Bertz CT molecular complexity index is 967. The zero-order chi connectivity index (χ0) is 23.8. The number of likely N-dealkylation sites (tertiary alicyclic amines) is 2. The van der Waals surface area contributed by atoms with E-state index in [9.17, 15) is 4.79 Å². The molecular weight excluding hydrogens is 428 g/mol. The van der Waals surface area contributed by atoms with Gasteiger partial charge in [-0.3, -0.25) is 14.7 Å². The maximum Gasteiger partial charge on any atom is 0.226 e. The molecule has 1 amide bonds. The number of carbonyl (C=O) groups is 1. The number of oxime groups is 1. The number of nitrogens with zero attached hydrogens (tertiary/aromatic N) is 5. The van der Waals surface area contributed by atoms with Crippen molar-refractivity contribution in [1.82, 2.24) is 19.8 Å². The lowest BCUT2D eigenvalue weighted by atomic mass is 9.93. The largest absolute Gasteiger partial charge is 0.399 e. The topological polar surface area (TPSA) is 83.0 Å². The number of pyridine rings is 2. The van der Waals surface area contributed by atoms with Crippen LogP contribution in [0.25, 0.3) is 0 Å². The molecule has 0 aliphatic carbocycles. The van der Waals surface area contributed by atoms with Gasteiger partial charge < -0.3 is 15.1 Å². The Kier molecular flexibility index (Phi) is 8.46. The second kappa shape index (κ2) is 11.9. The van der Waals surface area contributed by atoms with E-state index >= 15 is 0 Å². The van der Waals surface area contributed by atoms with Crippen molar-refractivity contribution in [1.29, 1.82) is 0 Å². The fraction of sp³-hybridized carbons (Fsp3) is 0.538. The minimum atomic E-state index is 0.0683. The molecule has 4 rings (SSSR count). The highest BCUT2D eigenvalue weighted by Crippen LogP contribution is 2.26. The van der Waals surface area contributed by atoms with Crippen molar-refractivity contribution >= 4 is 17.4 Å². The van der Waals surface area contributed by atoms with Gasteiger partial charge in [0, 0.05) is 51.5 Å². The molecule has 1 N–H and O–H groups in total. The minimum absolute atomic E-state index is 0.0683. The van der Waals surface area contributed by atoms with Gasteiger partial charge in [0.2, 0.25) is 5.91 Å². The van der Waals surface area contributed by atoms with Gasteiger partial charge >= 0.3 is 0 Å². The first kappa shape index (κ1) is 24.1. The molecule has 2 unspecified atom stereocenters. The average Bonchev–Trinajstić information content (AvgIpc) is 3.14. The van der Waals surface area contributed by atoms with E-state index in [0.29, 0.717) is 5.91 Å². The molecule has 2 aliphatic heterocycles. The molecule has 34 heavy (non-hydrogen) atoms. The Morgan fingerprint density at radius 3 is 2.74 bits per heavy atom. The fourth-order valence-electron chi connectivity index (χ4n) is 5.16. The number of carbonyl (C=O) groups excluding carboxylic acids is 1. The summed E-state index contributed by atoms with van der Waals surface area (Å²) in [6.07, 6.45) is 8.48. The third-order valence-electron chi connectivity index (χ3n) is 6.88. The van der Waals surface area contributed by atoms with E-state index in [0.717, 1.165) is 82.1 Å². The number of nitrogens with one attached hydrogen (secondary N) is 1. The summed E-state index contributed by atoms with van der Waals surface area (Å²) >= 11 is 0. The monoisotopic (exact) mass is 464 g/mol. The van der Waals surface area contributed by atoms with E-state index in [4.69, 9.17) is 4.84 Å². The van der Waals surface area contributed by atoms with Gasteiger partial charge in [-0.15, -0.1) is 0 Å². The van der Waals surface area contributed by atoms with Crippen molar-refractivity contribution in [3.8, 4) is 0 Å². The Morgan fingerprint density at radius 1 is 1.09 bits per heavy atom. The smallest absolute Gasteiger partial charge is 0.226 e. The first-order chi connectivity index (χ1) is 16.7. The summed E-state index contributed by atoms with van der Waals surface area (Å²) < 4.78 is 0. The maximum absolute atomic E-state index is 13.5. The van der Waals surface area contributed by atoms with E-state index in [1.165, 1.54) is 5.56 Å². The van der Waals surface area contributed by atoms with Crippen molar-refractivity contribution in [2.24, 2.45) is 17.0 Å². The van der Waals surface area contributed by atoms with Crippen LogP contribution in [0.1, 0.15) is 43.4 Å². The van der Waals surface area contributed by atoms with E-state index in [-0.39, 0.29) is 11.8 Å². The van der Waals surface area contributed by atoms with Gasteiger partial charge in [0.15, 0.2) is 0 Å². The summed E-state index contributed by atoms with van der Waals surface area (Å²) in [5, 5.41) is 7.42. The van der Waals surface area contributed by atoms with Gasteiger partial charge in [-0.1, -0.05) is 11.2 Å². The number of hydrogen-bond acceptors (Lipinski definition) is 7. The quantitative estimate of drug-likeness (QED) is 0.500. The van der Waals surface area contributed by atoms with Gasteiger partial charge in [0.1, 0.15) is 18.6 Å². The van der Waals surface area contributed by atoms with Crippen LogP contribution in [-0.4, -0.2) is 71.7 Å². The Labute approximate surface area is 202 Å². The number of rotatable bonds is 7. The molecule has 2 aromatic rings.